The third-order valence-corrected chi connectivity index (χ3v) is 4.54. The van der Waals surface area contributed by atoms with Gasteiger partial charge in [-0.2, -0.15) is 0 Å². The maximum absolute atomic E-state index is 13.1. The molecule has 0 spiro atoms. The summed E-state index contributed by atoms with van der Waals surface area (Å²) < 4.78 is 25.4. The molecule has 1 atom stereocenters. The minimum Gasteiger partial charge on any atom is -0.398 e. The van der Waals surface area contributed by atoms with E-state index in [0.717, 1.165) is 0 Å². The van der Waals surface area contributed by atoms with Crippen molar-refractivity contribution < 1.29 is 8.60 Å². The van der Waals surface area contributed by atoms with Crippen LogP contribution in [0.3, 0.4) is 0 Å². The van der Waals surface area contributed by atoms with E-state index in [2.05, 4.69) is 0 Å². The number of rotatable bonds is 3. The Morgan fingerprint density at radius 3 is 2.63 bits per heavy atom. The van der Waals surface area contributed by atoms with E-state index in [1.54, 1.807) is 18.2 Å². The van der Waals surface area contributed by atoms with Crippen molar-refractivity contribution >= 4 is 39.7 Å². The van der Waals surface area contributed by atoms with Gasteiger partial charge in [0.15, 0.2) is 0 Å². The standard InChI is InChI=1S/C13H10Cl2FNOS/c14-9-1-4-12(17)13(6-9)19(18)7-8-5-10(16)2-3-11(8)15/h1-6H,7,17H2. The van der Waals surface area contributed by atoms with Crippen molar-refractivity contribution in [3.63, 3.8) is 0 Å². The van der Waals surface area contributed by atoms with Gasteiger partial charge in [-0.25, -0.2) is 4.39 Å². The van der Waals surface area contributed by atoms with Crippen molar-refractivity contribution in [3.8, 4) is 0 Å². The molecule has 2 aromatic rings. The summed E-state index contributed by atoms with van der Waals surface area (Å²) >= 11 is 11.8. The van der Waals surface area contributed by atoms with Gasteiger partial charge in [0.2, 0.25) is 0 Å². The maximum Gasteiger partial charge on any atom is 0.123 e. The predicted octanol–water partition coefficient (Wildman–Crippen LogP) is 4.02. The van der Waals surface area contributed by atoms with E-state index in [-0.39, 0.29) is 5.75 Å². The van der Waals surface area contributed by atoms with Crippen LogP contribution in [0, 0.1) is 5.82 Å². The van der Waals surface area contributed by atoms with Crippen molar-refractivity contribution in [2.75, 3.05) is 5.73 Å². The Morgan fingerprint density at radius 2 is 1.89 bits per heavy atom. The van der Waals surface area contributed by atoms with Crippen LogP contribution in [0.1, 0.15) is 5.56 Å². The van der Waals surface area contributed by atoms with Gasteiger partial charge in [0.25, 0.3) is 0 Å². The number of benzene rings is 2. The summed E-state index contributed by atoms with van der Waals surface area (Å²) in [6, 6.07) is 8.70. The molecule has 2 nitrogen and oxygen atoms in total. The van der Waals surface area contributed by atoms with Crippen LogP contribution in [0.5, 0.6) is 0 Å². The van der Waals surface area contributed by atoms with Gasteiger partial charge in [-0.1, -0.05) is 23.2 Å². The van der Waals surface area contributed by atoms with Gasteiger partial charge >= 0.3 is 0 Å². The predicted molar refractivity (Wildman–Crippen MR) is 77.4 cm³/mol. The molecule has 6 heteroatoms. The highest BCUT2D eigenvalue weighted by molar-refractivity contribution is 7.84. The first-order valence-electron chi connectivity index (χ1n) is 5.34. The molecule has 0 bridgehead atoms. The van der Waals surface area contributed by atoms with Crippen LogP contribution >= 0.6 is 23.2 Å². The van der Waals surface area contributed by atoms with Crippen LogP contribution in [-0.2, 0) is 16.6 Å². The van der Waals surface area contributed by atoms with Gasteiger partial charge < -0.3 is 5.73 Å². The molecule has 2 N–H and O–H groups in total. The monoisotopic (exact) mass is 317 g/mol. The molecule has 0 saturated carbocycles. The van der Waals surface area contributed by atoms with Crippen LogP contribution < -0.4 is 5.73 Å². The molecule has 19 heavy (non-hydrogen) atoms. The summed E-state index contributed by atoms with van der Waals surface area (Å²) in [4.78, 5) is 0.424. The summed E-state index contributed by atoms with van der Waals surface area (Å²) in [5.41, 5.74) is 6.61. The van der Waals surface area contributed by atoms with Crippen LogP contribution in [-0.4, -0.2) is 4.21 Å². The molecule has 0 fully saturated rings. The van der Waals surface area contributed by atoms with Crippen molar-refractivity contribution in [3.05, 3.63) is 57.8 Å². The molecule has 0 saturated heterocycles. The Bertz CT molecular complexity index is 649. The van der Waals surface area contributed by atoms with Gasteiger partial charge in [0.05, 0.1) is 21.4 Å². The highest BCUT2D eigenvalue weighted by atomic mass is 35.5. The number of anilines is 1. The van der Waals surface area contributed by atoms with E-state index >= 15 is 0 Å². The molecule has 0 heterocycles. The Hall–Kier alpha value is -1.10. The van der Waals surface area contributed by atoms with Gasteiger partial charge in [-0.3, -0.25) is 4.21 Å². The fourth-order valence-electron chi connectivity index (χ4n) is 1.58. The van der Waals surface area contributed by atoms with E-state index in [9.17, 15) is 8.60 Å². The Kier molecular flexibility index (Phi) is 4.45. The molecule has 2 aromatic carbocycles. The third kappa shape index (κ3) is 3.47. The molecule has 0 aromatic heterocycles. The van der Waals surface area contributed by atoms with Crippen LogP contribution in [0.2, 0.25) is 10.0 Å². The van der Waals surface area contributed by atoms with Gasteiger partial charge in [-0.05, 0) is 42.0 Å². The molecule has 2 rings (SSSR count). The first-order chi connectivity index (χ1) is 8.97. The zero-order valence-electron chi connectivity index (χ0n) is 9.70. The lowest BCUT2D eigenvalue weighted by molar-refractivity contribution is 0.626. The van der Waals surface area contributed by atoms with E-state index in [1.165, 1.54) is 18.2 Å². The SMILES string of the molecule is Nc1ccc(Cl)cc1S(=O)Cc1cc(F)ccc1Cl. The van der Waals surface area contributed by atoms with E-state index in [0.29, 0.717) is 26.2 Å². The zero-order valence-corrected chi connectivity index (χ0v) is 12.0. The lowest BCUT2D eigenvalue weighted by Crippen LogP contribution is -2.01. The van der Waals surface area contributed by atoms with Crippen LogP contribution in [0.15, 0.2) is 41.3 Å². The van der Waals surface area contributed by atoms with Crippen LogP contribution in [0.25, 0.3) is 0 Å². The minimum atomic E-state index is -1.44. The average Bonchev–Trinajstić information content (AvgIpc) is 2.36. The number of nitrogens with two attached hydrogens (primary N) is 1. The summed E-state index contributed by atoms with van der Waals surface area (Å²) in [5.74, 6) is -0.336. The molecule has 100 valence electrons. The molecule has 0 radical (unpaired) electrons. The van der Waals surface area contributed by atoms with Gasteiger partial charge in [0, 0.05) is 15.7 Å². The average molecular weight is 318 g/mol. The number of nitrogen functional groups attached to an aromatic ring is 1. The fraction of sp³-hybridized carbons (Fsp3) is 0.0769. The number of halogens is 3. The van der Waals surface area contributed by atoms with Crippen molar-refractivity contribution in [2.24, 2.45) is 0 Å². The highest BCUT2D eigenvalue weighted by Crippen LogP contribution is 2.25. The third-order valence-electron chi connectivity index (χ3n) is 2.52. The second kappa shape index (κ2) is 5.90. The van der Waals surface area contributed by atoms with Crippen molar-refractivity contribution in [1.29, 1.82) is 0 Å². The van der Waals surface area contributed by atoms with E-state index in [1.807, 2.05) is 0 Å². The molecule has 0 aliphatic carbocycles. The Labute approximate surface area is 122 Å². The summed E-state index contributed by atoms with van der Waals surface area (Å²) in [7, 11) is -1.44. The summed E-state index contributed by atoms with van der Waals surface area (Å²) in [5, 5.41) is 0.818. The quantitative estimate of drug-likeness (QED) is 0.869. The Balaban J connectivity index is 2.30. The molecule has 0 aliphatic rings. The summed E-state index contributed by atoms with van der Waals surface area (Å²) in [6.07, 6.45) is 0. The number of hydrogen-bond donors (Lipinski definition) is 1. The first-order valence-corrected chi connectivity index (χ1v) is 7.42. The topological polar surface area (TPSA) is 43.1 Å². The van der Waals surface area contributed by atoms with E-state index in [4.69, 9.17) is 28.9 Å². The van der Waals surface area contributed by atoms with Crippen molar-refractivity contribution in [2.45, 2.75) is 10.6 Å². The normalized spacial score (nSPS) is 12.4. The van der Waals surface area contributed by atoms with E-state index < -0.39 is 16.6 Å². The second-order valence-electron chi connectivity index (χ2n) is 3.91. The molecule has 0 amide bonds. The first kappa shape index (κ1) is 14.3. The fourth-order valence-corrected chi connectivity index (χ4v) is 3.34. The Morgan fingerprint density at radius 1 is 1.16 bits per heavy atom. The smallest absolute Gasteiger partial charge is 0.123 e. The largest absolute Gasteiger partial charge is 0.398 e. The second-order valence-corrected chi connectivity index (χ2v) is 6.17. The zero-order chi connectivity index (χ0) is 14.0. The lowest BCUT2D eigenvalue weighted by atomic mass is 10.2. The van der Waals surface area contributed by atoms with Gasteiger partial charge in [-0.15, -0.1) is 0 Å². The minimum absolute atomic E-state index is 0.0845. The number of hydrogen-bond acceptors (Lipinski definition) is 2. The van der Waals surface area contributed by atoms with Crippen molar-refractivity contribution in [1.82, 2.24) is 0 Å². The van der Waals surface area contributed by atoms with Crippen LogP contribution in [0.4, 0.5) is 10.1 Å². The molecular formula is C13H10Cl2FNOS. The molecular weight excluding hydrogens is 308 g/mol. The highest BCUT2D eigenvalue weighted by Gasteiger charge is 2.12. The van der Waals surface area contributed by atoms with Gasteiger partial charge in [0.1, 0.15) is 5.82 Å². The maximum atomic E-state index is 13.1. The molecule has 1 unspecified atom stereocenters. The lowest BCUT2D eigenvalue weighted by Gasteiger charge is -2.08. The molecule has 0 aliphatic heterocycles. The summed E-state index contributed by atoms with van der Waals surface area (Å²) in [6.45, 7) is 0.